The van der Waals surface area contributed by atoms with Gasteiger partial charge in [-0.05, 0) is 12.1 Å². The van der Waals surface area contributed by atoms with Crippen LogP contribution in [0.1, 0.15) is 5.69 Å². The van der Waals surface area contributed by atoms with E-state index in [4.69, 9.17) is 5.26 Å². The molecule has 58 valence electrons. The number of fused-ring (bicyclic) bond motifs is 1. The first-order chi connectivity index (χ1) is 5.81. The maximum atomic E-state index is 13.0. The smallest absolute Gasteiger partial charge is 0.147 e. The number of nitrogens with zero attached hydrogens (tertiary/aromatic N) is 1. The van der Waals surface area contributed by atoms with Crippen LogP contribution >= 0.6 is 0 Å². The summed E-state index contributed by atoms with van der Waals surface area (Å²) in [6.45, 7) is 0. The van der Waals surface area contributed by atoms with Crippen molar-refractivity contribution in [3.05, 3.63) is 35.8 Å². The predicted octanol–water partition coefficient (Wildman–Crippen LogP) is 2.18. The Labute approximate surface area is 68.2 Å². The van der Waals surface area contributed by atoms with Gasteiger partial charge in [0.25, 0.3) is 0 Å². The number of halogens is 1. The lowest BCUT2D eigenvalue weighted by Crippen LogP contribution is -1.75. The molecule has 3 heteroatoms. The van der Waals surface area contributed by atoms with Crippen LogP contribution in [-0.2, 0) is 0 Å². The summed E-state index contributed by atoms with van der Waals surface area (Å²) in [5.41, 5.74) is 0.782. The maximum absolute atomic E-state index is 13.0. The Morgan fingerprint density at radius 1 is 1.42 bits per heavy atom. The van der Waals surface area contributed by atoms with Crippen LogP contribution in [0, 0.1) is 17.1 Å². The normalized spacial score (nSPS) is 10.0. The fraction of sp³-hybridized carbons (Fsp3) is 0. The minimum absolute atomic E-state index is 0.325. The van der Waals surface area contributed by atoms with Crippen LogP contribution in [-0.4, -0.2) is 4.98 Å². The molecule has 0 bridgehead atoms. The molecule has 1 aromatic carbocycles. The second kappa shape index (κ2) is 2.35. The first-order valence-electron chi connectivity index (χ1n) is 3.48. The molecule has 0 amide bonds. The second-order valence-corrected chi connectivity index (χ2v) is 2.50. The van der Waals surface area contributed by atoms with Gasteiger partial charge < -0.3 is 4.98 Å². The van der Waals surface area contributed by atoms with E-state index in [1.54, 1.807) is 18.2 Å². The molecule has 0 aliphatic carbocycles. The quantitative estimate of drug-likeness (QED) is 0.630. The number of H-pyrrole nitrogens is 1. The molecule has 2 aromatic rings. The lowest BCUT2D eigenvalue weighted by Gasteiger charge is -1.88. The number of aromatic nitrogens is 1. The van der Waals surface area contributed by atoms with Crippen molar-refractivity contribution >= 4 is 10.9 Å². The standard InChI is InChI=1S/C9H5FN2/c10-8-3-1-2-6-4-7(5-11)12-9(6)8/h1-4,12H. The molecule has 1 N–H and O–H groups in total. The van der Waals surface area contributed by atoms with Gasteiger partial charge in [-0.2, -0.15) is 5.26 Å². The molecule has 0 fully saturated rings. The SMILES string of the molecule is N#Cc1cc2cccc(F)c2[nH]1. The van der Waals surface area contributed by atoms with Crippen LogP contribution < -0.4 is 0 Å². The number of aromatic amines is 1. The molecule has 0 radical (unpaired) electrons. The van der Waals surface area contributed by atoms with E-state index in [9.17, 15) is 4.39 Å². The van der Waals surface area contributed by atoms with E-state index >= 15 is 0 Å². The zero-order chi connectivity index (χ0) is 8.55. The first-order valence-corrected chi connectivity index (χ1v) is 3.48. The van der Waals surface area contributed by atoms with Gasteiger partial charge in [-0.3, -0.25) is 0 Å². The third-order valence-corrected chi connectivity index (χ3v) is 1.73. The predicted molar refractivity (Wildman–Crippen MR) is 43.0 cm³/mol. The number of nitriles is 1. The fourth-order valence-electron chi connectivity index (χ4n) is 1.18. The first kappa shape index (κ1) is 6.86. The molecule has 1 heterocycles. The minimum Gasteiger partial charge on any atom is -0.344 e. The Bertz CT molecular complexity index is 465. The number of nitrogens with one attached hydrogen (secondary N) is 1. The van der Waals surface area contributed by atoms with Crippen molar-refractivity contribution < 1.29 is 4.39 Å². The van der Waals surface area contributed by atoms with Gasteiger partial charge in [-0.1, -0.05) is 12.1 Å². The molecule has 0 unspecified atom stereocenters. The summed E-state index contributed by atoms with van der Waals surface area (Å²) in [6.07, 6.45) is 0. The Morgan fingerprint density at radius 3 is 2.92 bits per heavy atom. The van der Waals surface area contributed by atoms with Crippen LogP contribution in [0.15, 0.2) is 24.3 Å². The van der Waals surface area contributed by atoms with Gasteiger partial charge in [-0.15, -0.1) is 0 Å². The van der Waals surface area contributed by atoms with Gasteiger partial charge in [0.05, 0.1) is 5.52 Å². The van der Waals surface area contributed by atoms with Gasteiger partial charge >= 0.3 is 0 Å². The second-order valence-electron chi connectivity index (χ2n) is 2.50. The summed E-state index contributed by atoms with van der Waals surface area (Å²) in [7, 11) is 0. The zero-order valence-electron chi connectivity index (χ0n) is 6.13. The van der Waals surface area contributed by atoms with E-state index in [2.05, 4.69) is 4.98 Å². The monoisotopic (exact) mass is 160 g/mol. The van der Waals surface area contributed by atoms with Crippen LogP contribution in [0.2, 0.25) is 0 Å². The zero-order valence-corrected chi connectivity index (χ0v) is 6.13. The highest BCUT2D eigenvalue weighted by molar-refractivity contribution is 5.81. The van der Waals surface area contributed by atoms with Gasteiger partial charge in [0.1, 0.15) is 17.6 Å². The molecule has 0 atom stereocenters. The van der Waals surface area contributed by atoms with E-state index in [-0.39, 0.29) is 5.82 Å². The van der Waals surface area contributed by atoms with Crippen molar-refractivity contribution in [3.63, 3.8) is 0 Å². The third kappa shape index (κ3) is 0.857. The van der Waals surface area contributed by atoms with Gasteiger partial charge in [-0.25, -0.2) is 4.39 Å². The van der Waals surface area contributed by atoms with E-state index in [0.29, 0.717) is 11.2 Å². The largest absolute Gasteiger partial charge is 0.344 e. The number of benzene rings is 1. The van der Waals surface area contributed by atoms with Crippen LogP contribution in [0.4, 0.5) is 4.39 Å². The topological polar surface area (TPSA) is 39.6 Å². The van der Waals surface area contributed by atoms with Crippen LogP contribution in [0.25, 0.3) is 10.9 Å². The minimum atomic E-state index is -0.325. The molecule has 0 saturated carbocycles. The average Bonchev–Trinajstić information content (AvgIpc) is 2.49. The van der Waals surface area contributed by atoms with E-state index in [1.165, 1.54) is 6.07 Å². The van der Waals surface area contributed by atoms with Crippen molar-refractivity contribution in [2.75, 3.05) is 0 Å². The van der Waals surface area contributed by atoms with Crippen molar-refractivity contribution in [1.82, 2.24) is 4.98 Å². The Balaban J connectivity index is 2.85. The van der Waals surface area contributed by atoms with Crippen molar-refractivity contribution in [1.29, 1.82) is 5.26 Å². The third-order valence-electron chi connectivity index (χ3n) is 1.73. The summed E-state index contributed by atoms with van der Waals surface area (Å²) < 4.78 is 13.0. The molecule has 1 aromatic heterocycles. The fourth-order valence-corrected chi connectivity index (χ4v) is 1.18. The van der Waals surface area contributed by atoms with E-state index < -0.39 is 0 Å². The molecule has 0 spiro atoms. The Kier molecular flexibility index (Phi) is 1.34. The van der Waals surface area contributed by atoms with Gasteiger partial charge in [0.2, 0.25) is 0 Å². The van der Waals surface area contributed by atoms with Crippen molar-refractivity contribution in [3.8, 4) is 6.07 Å². The number of hydrogen-bond acceptors (Lipinski definition) is 1. The summed E-state index contributed by atoms with van der Waals surface area (Å²) in [5.74, 6) is -0.325. The summed E-state index contributed by atoms with van der Waals surface area (Å²) in [4.78, 5) is 2.68. The number of hydrogen-bond donors (Lipinski definition) is 1. The number of rotatable bonds is 0. The average molecular weight is 160 g/mol. The van der Waals surface area contributed by atoms with Crippen molar-refractivity contribution in [2.45, 2.75) is 0 Å². The molecule has 2 nitrogen and oxygen atoms in total. The molecule has 0 saturated heterocycles. The summed E-state index contributed by atoms with van der Waals surface area (Å²) in [5, 5.41) is 9.25. The molecular formula is C9H5FN2. The molecule has 0 aliphatic rings. The van der Waals surface area contributed by atoms with Crippen LogP contribution in [0.5, 0.6) is 0 Å². The maximum Gasteiger partial charge on any atom is 0.147 e. The summed E-state index contributed by atoms with van der Waals surface area (Å²) in [6, 6.07) is 8.28. The Hall–Kier alpha value is -1.82. The molecular weight excluding hydrogens is 155 g/mol. The molecule has 0 aliphatic heterocycles. The summed E-state index contributed by atoms with van der Waals surface area (Å²) >= 11 is 0. The highest BCUT2D eigenvalue weighted by Gasteiger charge is 2.02. The van der Waals surface area contributed by atoms with Crippen molar-refractivity contribution in [2.24, 2.45) is 0 Å². The highest BCUT2D eigenvalue weighted by atomic mass is 19.1. The Morgan fingerprint density at radius 2 is 2.25 bits per heavy atom. The lowest BCUT2D eigenvalue weighted by molar-refractivity contribution is 0.637. The van der Waals surface area contributed by atoms with E-state index in [0.717, 1.165) is 5.39 Å². The van der Waals surface area contributed by atoms with E-state index in [1.807, 2.05) is 6.07 Å². The van der Waals surface area contributed by atoms with Crippen LogP contribution in [0.3, 0.4) is 0 Å². The van der Waals surface area contributed by atoms with Gasteiger partial charge in [0, 0.05) is 5.39 Å². The number of para-hydroxylation sites is 1. The molecule has 12 heavy (non-hydrogen) atoms. The van der Waals surface area contributed by atoms with Gasteiger partial charge in [0.15, 0.2) is 0 Å². The molecule has 2 rings (SSSR count). The highest BCUT2D eigenvalue weighted by Crippen LogP contribution is 2.17. The lowest BCUT2D eigenvalue weighted by atomic mass is 10.2.